The zero-order chi connectivity index (χ0) is 17.4. The molecule has 2 aromatic rings. The number of benzene rings is 1. The number of aromatic nitrogens is 1. The van der Waals surface area contributed by atoms with Gasteiger partial charge >= 0.3 is 5.97 Å². The highest BCUT2D eigenvalue weighted by Gasteiger charge is 2.26. The van der Waals surface area contributed by atoms with Gasteiger partial charge in [-0.05, 0) is 30.9 Å². The summed E-state index contributed by atoms with van der Waals surface area (Å²) in [5.74, 6) is -3.01. The lowest BCUT2D eigenvalue weighted by molar-refractivity contribution is 0.0696. The predicted octanol–water partition coefficient (Wildman–Crippen LogP) is 1.24. The first-order valence-electron chi connectivity index (χ1n) is 7.56. The minimum atomic E-state index is -1.39. The highest BCUT2D eigenvalue weighted by atomic mass is 19.1. The third kappa shape index (κ3) is 3.17. The lowest BCUT2D eigenvalue weighted by Gasteiger charge is -2.14. The van der Waals surface area contributed by atoms with Crippen LogP contribution in [0.3, 0.4) is 0 Å². The number of rotatable bonds is 5. The van der Waals surface area contributed by atoms with Crippen LogP contribution in [0.1, 0.15) is 23.2 Å². The van der Waals surface area contributed by atoms with E-state index in [-0.39, 0.29) is 18.2 Å². The van der Waals surface area contributed by atoms with Crippen molar-refractivity contribution in [1.29, 1.82) is 0 Å². The standard InChI is InChI=1S/C16H15BF2N2O3/c17-9-3-4-12(11(18)5-9)20-14-10(16(23)24)7-21(6-8-1-2-8)15(22)13(14)19/h3-5,7-8,20H,1-2,6,17H2,(H,23,24). The minimum absolute atomic E-state index is 0.0960. The van der Waals surface area contributed by atoms with Crippen molar-refractivity contribution in [2.24, 2.45) is 5.92 Å². The van der Waals surface area contributed by atoms with Crippen LogP contribution in [0.4, 0.5) is 20.2 Å². The molecule has 1 aromatic carbocycles. The topological polar surface area (TPSA) is 71.3 Å². The first-order chi connectivity index (χ1) is 11.4. The van der Waals surface area contributed by atoms with E-state index < -0.39 is 34.4 Å². The molecular weight excluding hydrogens is 317 g/mol. The molecule has 8 heteroatoms. The number of pyridine rings is 1. The van der Waals surface area contributed by atoms with E-state index in [0.717, 1.165) is 23.6 Å². The van der Waals surface area contributed by atoms with Crippen LogP contribution in [0.2, 0.25) is 0 Å². The smallest absolute Gasteiger partial charge is 0.339 e. The third-order valence-electron chi connectivity index (χ3n) is 3.99. The molecule has 0 unspecified atom stereocenters. The molecule has 1 fully saturated rings. The molecule has 0 radical (unpaired) electrons. The summed E-state index contributed by atoms with van der Waals surface area (Å²) in [6.45, 7) is 0.287. The Kier molecular flexibility index (Phi) is 4.13. The lowest BCUT2D eigenvalue weighted by Crippen LogP contribution is -2.27. The zero-order valence-electron chi connectivity index (χ0n) is 13.0. The van der Waals surface area contributed by atoms with E-state index >= 15 is 0 Å². The Morgan fingerprint density at radius 1 is 1.38 bits per heavy atom. The SMILES string of the molecule is Bc1ccc(Nc2c(C(=O)O)cn(CC3CC3)c(=O)c2F)c(F)c1. The molecule has 0 bridgehead atoms. The van der Waals surface area contributed by atoms with Gasteiger partial charge in [-0.2, -0.15) is 4.39 Å². The summed E-state index contributed by atoms with van der Waals surface area (Å²) < 4.78 is 29.5. The normalized spacial score (nSPS) is 13.8. The Morgan fingerprint density at radius 2 is 2.08 bits per heavy atom. The average Bonchev–Trinajstić information content (AvgIpc) is 3.32. The first-order valence-corrected chi connectivity index (χ1v) is 7.56. The molecule has 1 heterocycles. The minimum Gasteiger partial charge on any atom is -0.478 e. The van der Waals surface area contributed by atoms with Gasteiger partial charge in [-0.25, -0.2) is 9.18 Å². The lowest BCUT2D eigenvalue weighted by atomic mass is 9.96. The molecule has 0 aliphatic heterocycles. The quantitative estimate of drug-likeness (QED) is 0.808. The Bertz CT molecular complexity index is 878. The van der Waals surface area contributed by atoms with Gasteiger partial charge in [0.2, 0.25) is 5.82 Å². The molecule has 3 rings (SSSR count). The van der Waals surface area contributed by atoms with E-state index in [1.165, 1.54) is 12.1 Å². The summed E-state index contributed by atoms with van der Waals surface area (Å²) in [7, 11) is 1.69. The molecule has 5 nitrogen and oxygen atoms in total. The van der Waals surface area contributed by atoms with Crippen molar-refractivity contribution in [3.05, 3.63) is 51.9 Å². The van der Waals surface area contributed by atoms with Crippen LogP contribution in [0.25, 0.3) is 0 Å². The number of carboxylic acid groups (broad SMARTS) is 1. The Morgan fingerprint density at radius 3 is 2.67 bits per heavy atom. The first kappa shape index (κ1) is 16.2. The fourth-order valence-electron chi connectivity index (χ4n) is 2.49. The number of aromatic carboxylic acids is 1. The van der Waals surface area contributed by atoms with E-state index in [1.807, 2.05) is 0 Å². The number of anilines is 2. The second kappa shape index (κ2) is 6.11. The van der Waals surface area contributed by atoms with Crippen LogP contribution in [-0.2, 0) is 6.54 Å². The molecule has 24 heavy (non-hydrogen) atoms. The summed E-state index contributed by atoms with van der Waals surface area (Å²) in [4.78, 5) is 23.6. The van der Waals surface area contributed by atoms with Gasteiger partial charge < -0.3 is 15.0 Å². The fourth-order valence-corrected chi connectivity index (χ4v) is 2.49. The van der Waals surface area contributed by atoms with E-state index in [4.69, 9.17) is 0 Å². The number of carbonyl (C=O) groups is 1. The molecule has 0 spiro atoms. The van der Waals surface area contributed by atoms with Gasteiger partial charge in [-0.3, -0.25) is 4.79 Å². The van der Waals surface area contributed by atoms with Crippen molar-refractivity contribution in [2.75, 3.05) is 5.32 Å². The Labute approximate surface area is 137 Å². The molecular formula is C16H15BF2N2O3. The summed E-state index contributed by atoms with van der Waals surface area (Å²) in [6, 6.07) is 4.19. The molecule has 0 saturated heterocycles. The predicted molar refractivity (Wildman–Crippen MR) is 88.2 cm³/mol. The number of nitrogens with zero attached hydrogens (tertiary/aromatic N) is 1. The molecule has 0 amide bonds. The van der Waals surface area contributed by atoms with Crippen molar-refractivity contribution in [3.8, 4) is 0 Å². The number of carboxylic acids is 1. The van der Waals surface area contributed by atoms with Crippen LogP contribution >= 0.6 is 0 Å². The maximum Gasteiger partial charge on any atom is 0.339 e. The summed E-state index contributed by atoms with van der Waals surface area (Å²) in [5.41, 5.74) is -1.28. The van der Waals surface area contributed by atoms with Crippen molar-refractivity contribution < 1.29 is 18.7 Å². The highest BCUT2D eigenvalue weighted by molar-refractivity contribution is 6.32. The summed E-state index contributed by atoms with van der Waals surface area (Å²) in [5, 5.41) is 11.7. The van der Waals surface area contributed by atoms with Gasteiger partial charge in [0.1, 0.15) is 19.2 Å². The van der Waals surface area contributed by atoms with Gasteiger partial charge in [0.25, 0.3) is 5.56 Å². The van der Waals surface area contributed by atoms with Crippen molar-refractivity contribution in [3.63, 3.8) is 0 Å². The van der Waals surface area contributed by atoms with Crippen molar-refractivity contribution >= 4 is 30.7 Å². The Hall–Kier alpha value is -2.64. The number of hydrogen-bond donors (Lipinski definition) is 2. The highest BCUT2D eigenvalue weighted by Crippen LogP contribution is 2.31. The van der Waals surface area contributed by atoms with Crippen LogP contribution in [0.15, 0.2) is 29.2 Å². The summed E-state index contributed by atoms with van der Waals surface area (Å²) >= 11 is 0. The largest absolute Gasteiger partial charge is 0.478 e. The second-order valence-electron chi connectivity index (χ2n) is 6.05. The van der Waals surface area contributed by atoms with E-state index in [0.29, 0.717) is 5.46 Å². The van der Waals surface area contributed by atoms with Crippen LogP contribution < -0.4 is 16.3 Å². The van der Waals surface area contributed by atoms with Crippen LogP contribution in [0, 0.1) is 17.6 Å². The number of nitrogens with one attached hydrogen (secondary N) is 1. The fraction of sp³-hybridized carbons (Fsp3) is 0.250. The number of halogens is 2. The average molecular weight is 332 g/mol. The maximum atomic E-state index is 14.5. The van der Waals surface area contributed by atoms with E-state index in [2.05, 4.69) is 5.32 Å². The van der Waals surface area contributed by atoms with Gasteiger partial charge in [0.15, 0.2) is 0 Å². The van der Waals surface area contributed by atoms with Crippen LogP contribution in [0.5, 0.6) is 0 Å². The molecule has 1 saturated carbocycles. The van der Waals surface area contributed by atoms with Gasteiger partial charge in [-0.15, -0.1) is 0 Å². The third-order valence-corrected chi connectivity index (χ3v) is 3.99. The molecule has 0 atom stereocenters. The number of hydrogen-bond acceptors (Lipinski definition) is 3. The molecule has 124 valence electrons. The second-order valence-corrected chi connectivity index (χ2v) is 6.05. The molecule has 2 N–H and O–H groups in total. The summed E-state index contributed by atoms with van der Waals surface area (Å²) in [6.07, 6.45) is 2.98. The maximum absolute atomic E-state index is 14.5. The molecule has 1 aliphatic carbocycles. The van der Waals surface area contributed by atoms with E-state index in [1.54, 1.807) is 13.9 Å². The van der Waals surface area contributed by atoms with Crippen molar-refractivity contribution in [2.45, 2.75) is 19.4 Å². The van der Waals surface area contributed by atoms with Crippen LogP contribution in [-0.4, -0.2) is 23.5 Å². The molecule has 1 aromatic heterocycles. The van der Waals surface area contributed by atoms with Gasteiger partial charge in [-0.1, -0.05) is 11.5 Å². The van der Waals surface area contributed by atoms with Gasteiger partial charge in [0, 0.05) is 12.7 Å². The molecule has 1 aliphatic rings. The Balaban J connectivity index is 2.06. The monoisotopic (exact) mass is 332 g/mol. The van der Waals surface area contributed by atoms with E-state index in [9.17, 15) is 23.5 Å². The zero-order valence-corrected chi connectivity index (χ0v) is 13.0. The van der Waals surface area contributed by atoms with Crippen molar-refractivity contribution in [1.82, 2.24) is 4.57 Å². The van der Waals surface area contributed by atoms with Gasteiger partial charge in [0.05, 0.1) is 11.4 Å².